The quantitative estimate of drug-likeness (QED) is 0.211. The molecular weight excluding hydrogens is 541 g/mol. The van der Waals surface area contributed by atoms with E-state index in [0.29, 0.717) is 19.1 Å². The molecule has 2 atom stereocenters. The van der Waals surface area contributed by atoms with Crippen LogP contribution in [0, 0.1) is 5.92 Å². The van der Waals surface area contributed by atoms with E-state index in [1.54, 1.807) is 18.8 Å². The van der Waals surface area contributed by atoms with Crippen molar-refractivity contribution in [1.29, 1.82) is 0 Å². The van der Waals surface area contributed by atoms with Crippen molar-refractivity contribution in [2.45, 2.75) is 25.0 Å². The molecule has 0 bridgehead atoms. The molecule has 1 unspecified atom stereocenters. The number of furan rings is 2. The maximum absolute atomic E-state index is 13.2. The molecule has 7 heteroatoms. The summed E-state index contributed by atoms with van der Waals surface area (Å²) in [5.74, 6) is -0.626. The van der Waals surface area contributed by atoms with Crippen molar-refractivity contribution in [2.75, 3.05) is 6.54 Å². The van der Waals surface area contributed by atoms with Crippen LogP contribution in [0.3, 0.4) is 0 Å². The first kappa shape index (κ1) is 27.9. The molecule has 0 radical (unpaired) electrons. The second-order valence-corrected chi connectivity index (χ2v) is 15.3. The van der Waals surface area contributed by atoms with Gasteiger partial charge in [-0.1, -0.05) is 0 Å². The minimum atomic E-state index is -3.69. The first-order valence-electron chi connectivity index (χ1n) is 13.3. The molecule has 40 heavy (non-hydrogen) atoms. The Morgan fingerprint density at radius 3 is 1.65 bits per heavy atom. The van der Waals surface area contributed by atoms with Crippen LogP contribution in [0.1, 0.15) is 17.5 Å². The van der Waals surface area contributed by atoms with Gasteiger partial charge in [0.25, 0.3) is 0 Å². The van der Waals surface area contributed by atoms with Crippen molar-refractivity contribution in [3.05, 3.63) is 139 Å². The molecule has 6 rings (SSSR count). The van der Waals surface area contributed by atoms with Gasteiger partial charge in [0.1, 0.15) is 0 Å². The molecule has 0 saturated carbocycles. The van der Waals surface area contributed by atoms with E-state index in [-0.39, 0.29) is 18.3 Å². The average molecular weight is 574 g/mol. The molecule has 0 amide bonds. The normalized spacial score (nSPS) is 18.4. The molecule has 1 N–H and O–H groups in total. The molecule has 3 aromatic carbocycles. The molecular formula is C33H33ClNO4P. The Kier molecular flexibility index (Phi) is 8.00. The SMILES string of the molecule is Cl.O=C(O)[C@@H]1CC(Cc2ccoc2)CN1P(Cc1ccoc1)(c1ccccc1)(c1ccccc1)c1ccccc1. The van der Waals surface area contributed by atoms with E-state index < -0.39 is 18.8 Å². The van der Waals surface area contributed by atoms with Crippen LogP contribution in [0.15, 0.2) is 137 Å². The molecule has 5 nitrogen and oxygen atoms in total. The zero-order valence-electron chi connectivity index (χ0n) is 22.1. The molecule has 3 heterocycles. The number of carboxylic acid groups (broad SMARTS) is 1. The summed E-state index contributed by atoms with van der Waals surface area (Å²) in [7, 11) is 0. The summed E-state index contributed by atoms with van der Waals surface area (Å²) in [6.45, 7) is -3.04. The Bertz CT molecular complexity index is 1410. The van der Waals surface area contributed by atoms with E-state index in [1.807, 2.05) is 36.6 Å². The van der Waals surface area contributed by atoms with Gasteiger partial charge in [-0.15, -0.1) is 12.4 Å². The van der Waals surface area contributed by atoms with Crippen molar-refractivity contribution in [1.82, 2.24) is 4.67 Å². The van der Waals surface area contributed by atoms with Crippen LogP contribution in [0.4, 0.5) is 0 Å². The van der Waals surface area contributed by atoms with Gasteiger partial charge in [0, 0.05) is 0 Å². The second-order valence-electron chi connectivity index (χ2n) is 10.5. The Balaban J connectivity index is 0.00000323. The summed E-state index contributed by atoms with van der Waals surface area (Å²) in [5.41, 5.74) is 2.15. The third kappa shape index (κ3) is 4.49. The molecule has 0 spiro atoms. The summed E-state index contributed by atoms with van der Waals surface area (Å²) < 4.78 is 13.4. The third-order valence-corrected chi connectivity index (χ3v) is 15.1. The molecule has 1 fully saturated rings. The number of carboxylic acids is 1. The van der Waals surface area contributed by atoms with Crippen molar-refractivity contribution < 1.29 is 18.7 Å². The van der Waals surface area contributed by atoms with E-state index in [2.05, 4.69) is 77.5 Å². The molecule has 0 aliphatic carbocycles. The Hall–Kier alpha value is -3.63. The van der Waals surface area contributed by atoms with Crippen LogP contribution >= 0.6 is 19.2 Å². The number of halogens is 1. The maximum atomic E-state index is 13.2. The van der Waals surface area contributed by atoms with Gasteiger partial charge in [-0.25, -0.2) is 0 Å². The molecule has 5 aromatic rings. The van der Waals surface area contributed by atoms with Crippen molar-refractivity contribution in [2.24, 2.45) is 5.92 Å². The van der Waals surface area contributed by atoms with Crippen LogP contribution < -0.4 is 15.9 Å². The van der Waals surface area contributed by atoms with Gasteiger partial charge in [0.15, 0.2) is 0 Å². The molecule has 1 aliphatic rings. The van der Waals surface area contributed by atoms with E-state index in [0.717, 1.165) is 33.5 Å². The first-order valence-corrected chi connectivity index (χ1v) is 15.7. The number of hydrogen-bond donors (Lipinski definition) is 1. The van der Waals surface area contributed by atoms with E-state index in [9.17, 15) is 9.90 Å². The summed E-state index contributed by atoms with van der Waals surface area (Å²) in [6.07, 6.45) is 8.95. The Morgan fingerprint density at radius 1 is 0.750 bits per heavy atom. The third-order valence-electron chi connectivity index (χ3n) is 8.33. The minimum absolute atomic E-state index is 0. The molecule has 2 aromatic heterocycles. The van der Waals surface area contributed by atoms with Gasteiger partial charge in [-0.3, -0.25) is 0 Å². The fraction of sp³-hybridized carbons (Fsp3) is 0.182. The summed E-state index contributed by atoms with van der Waals surface area (Å²) >= 11 is 0. The number of aliphatic carboxylic acids is 1. The first-order chi connectivity index (χ1) is 19.1. The second kappa shape index (κ2) is 11.5. The van der Waals surface area contributed by atoms with E-state index >= 15 is 0 Å². The molecule has 1 saturated heterocycles. The average Bonchev–Trinajstić information content (AvgIpc) is 3.77. The van der Waals surface area contributed by atoms with Crippen molar-refractivity contribution >= 4 is 41.0 Å². The van der Waals surface area contributed by atoms with E-state index in [4.69, 9.17) is 8.83 Å². The monoisotopic (exact) mass is 573 g/mol. The standard InChI is InChI=1S/C33H32NO4P.ClH/c35-33(36)32-21-28(20-26-16-18-37-23-26)22-34(32)39(25-27-17-19-38-24-27,29-10-4-1-5-11-29,30-12-6-2-7-13-30)31-14-8-3-9-15-31;/h1-19,23-24,28,32H,20-22,25H2,(H,35,36);1H/t28?,32-;/m0./s1. The fourth-order valence-corrected chi connectivity index (χ4v) is 14.0. The van der Waals surface area contributed by atoms with Gasteiger partial charge < -0.3 is 0 Å². The summed E-state index contributed by atoms with van der Waals surface area (Å²) in [4.78, 5) is 13.2. The number of hydrogen-bond acceptors (Lipinski definition) is 4. The van der Waals surface area contributed by atoms with Gasteiger partial charge in [-0.2, -0.15) is 0 Å². The zero-order chi connectivity index (χ0) is 26.7. The molecule has 206 valence electrons. The summed E-state index contributed by atoms with van der Waals surface area (Å²) in [5, 5.41) is 14.3. The summed E-state index contributed by atoms with van der Waals surface area (Å²) in [6, 6.07) is 35.1. The van der Waals surface area contributed by atoms with Crippen LogP contribution in [-0.4, -0.2) is 28.3 Å². The van der Waals surface area contributed by atoms with Crippen LogP contribution in [0.5, 0.6) is 0 Å². The van der Waals surface area contributed by atoms with Crippen LogP contribution in [0.25, 0.3) is 0 Å². The van der Waals surface area contributed by atoms with Gasteiger partial charge in [0.2, 0.25) is 0 Å². The Morgan fingerprint density at radius 2 is 1.23 bits per heavy atom. The van der Waals surface area contributed by atoms with Crippen LogP contribution in [-0.2, 0) is 17.4 Å². The predicted molar refractivity (Wildman–Crippen MR) is 163 cm³/mol. The predicted octanol–water partition coefficient (Wildman–Crippen LogP) is 6.26. The molecule has 1 aliphatic heterocycles. The van der Waals surface area contributed by atoms with Gasteiger partial charge >= 0.3 is 229 Å². The Labute approximate surface area is 240 Å². The van der Waals surface area contributed by atoms with Gasteiger partial charge in [0.05, 0.1) is 0 Å². The number of carbonyl (C=O) groups is 1. The van der Waals surface area contributed by atoms with Crippen molar-refractivity contribution in [3.8, 4) is 0 Å². The van der Waals surface area contributed by atoms with Crippen LogP contribution in [0.2, 0.25) is 0 Å². The van der Waals surface area contributed by atoms with E-state index in [1.165, 1.54) is 0 Å². The fourth-order valence-electron chi connectivity index (χ4n) is 6.75. The number of rotatable bonds is 9. The van der Waals surface area contributed by atoms with Crippen molar-refractivity contribution in [3.63, 3.8) is 0 Å². The number of nitrogens with zero attached hydrogens (tertiary/aromatic N) is 1. The topological polar surface area (TPSA) is 66.8 Å². The number of benzene rings is 3. The zero-order valence-corrected chi connectivity index (χ0v) is 23.8. The van der Waals surface area contributed by atoms with Gasteiger partial charge in [-0.05, 0) is 0 Å².